The number of nitrogens with zero attached hydrogens (tertiary/aromatic N) is 3. The number of benzene rings is 2. The average molecular weight is 515 g/mol. The minimum atomic E-state index is -0.484. The predicted octanol–water partition coefficient (Wildman–Crippen LogP) is 4.97. The number of methoxy groups -OCH3 is 1. The Hall–Kier alpha value is -3.17. The van der Waals surface area contributed by atoms with Gasteiger partial charge in [0.05, 0.1) is 37.3 Å². The van der Waals surface area contributed by atoms with E-state index in [1.54, 1.807) is 13.2 Å². The molecule has 1 spiro atoms. The molecule has 3 aromatic rings. The first-order valence-corrected chi connectivity index (χ1v) is 12.4. The molecule has 2 aromatic carbocycles. The van der Waals surface area contributed by atoms with Crippen molar-refractivity contribution in [2.45, 2.75) is 25.7 Å². The molecule has 2 fully saturated rings. The number of rotatable bonds is 8. The van der Waals surface area contributed by atoms with E-state index in [-0.39, 0.29) is 16.4 Å². The Labute approximate surface area is 213 Å². The molecule has 1 aromatic heterocycles. The van der Waals surface area contributed by atoms with E-state index >= 15 is 0 Å². The maximum Gasteiger partial charge on any atom is 0.306 e. The van der Waals surface area contributed by atoms with Crippen LogP contribution >= 0.6 is 11.6 Å². The van der Waals surface area contributed by atoms with Crippen molar-refractivity contribution in [1.29, 1.82) is 0 Å². The molecule has 1 N–H and O–H groups in total. The van der Waals surface area contributed by atoms with Gasteiger partial charge in [-0.05, 0) is 56.6 Å². The third kappa shape index (κ3) is 5.32. The fourth-order valence-corrected chi connectivity index (χ4v) is 5.01. The lowest BCUT2D eigenvalue weighted by atomic mass is 9.78. The Morgan fingerprint density at radius 1 is 1.19 bits per heavy atom. The summed E-state index contributed by atoms with van der Waals surface area (Å²) in [6, 6.07) is 8.06. The van der Waals surface area contributed by atoms with E-state index in [9.17, 15) is 9.18 Å². The number of carbonyl (C=O) groups excluding carboxylic acids is 1. The number of fused-ring (bicyclic) bond motifs is 1. The number of anilines is 2. The summed E-state index contributed by atoms with van der Waals surface area (Å²) in [5.41, 5.74) is 1.34. The number of esters is 1. The van der Waals surface area contributed by atoms with Gasteiger partial charge in [-0.1, -0.05) is 11.6 Å². The molecule has 2 aliphatic heterocycles. The van der Waals surface area contributed by atoms with Crippen LogP contribution in [0, 0.1) is 11.2 Å². The zero-order chi connectivity index (χ0) is 25.1. The molecule has 0 unspecified atom stereocenters. The molecule has 5 rings (SSSR count). The van der Waals surface area contributed by atoms with E-state index < -0.39 is 5.82 Å². The highest BCUT2D eigenvalue weighted by Crippen LogP contribution is 2.40. The van der Waals surface area contributed by atoms with E-state index in [4.69, 9.17) is 25.8 Å². The smallest absolute Gasteiger partial charge is 0.306 e. The molecule has 2 saturated heterocycles. The predicted molar refractivity (Wildman–Crippen MR) is 135 cm³/mol. The number of ether oxygens (including phenoxy) is 3. The number of piperidine rings is 1. The normalized spacial score (nSPS) is 17.4. The standard InChI is InChI=1S/C26H28ClFN4O4/c1-34-22-13-21-18(25(30-16-29-21)31-17-3-4-20(28)19(27)11-17)12-23(22)35-10-2-7-32-8-5-26(6-9-32)14-24(33)36-15-26/h3-4,11-13,16H,2,5-10,14-15H2,1H3,(H,29,30,31). The van der Waals surface area contributed by atoms with Crippen molar-refractivity contribution in [3.05, 3.63) is 47.5 Å². The highest BCUT2D eigenvalue weighted by atomic mass is 35.5. The van der Waals surface area contributed by atoms with E-state index in [0.29, 0.717) is 48.2 Å². The second-order valence-electron chi connectivity index (χ2n) is 9.38. The molecule has 0 saturated carbocycles. The molecule has 8 nitrogen and oxygen atoms in total. The van der Waals surface area contributed by atoms with E-state index in [1.807, 2.05) is 12.1 Å². The van der Waals surface area contributed by atoms with Crippen LogP contribution in [0.3, 0.4) is 0 Å². The maximum absolute atomic E-state index is 13.5. The number of halogens is 2. The molecule has 3 heterocycles. The summed E-state index contributed by atoms with van der Waals surface area (Å²) in [5, 5.41) is 3.94. The molecule has 190 valence electrons. The molecule has 36 heavy (non-hydrogen) atoms. The molecule has 0 bridgehead atoms. The van der Waals surface area contributed by atoms with Gasteiger partial charge in [0.15, 0.2) is 11.5 Å². The highest BCUT2D eigenvalue weighted by Gasteiger charge is 2.42. The first kappa shape index (κ1) is 24.5. The number of cyclic esters (lactones) is 1. The number of likely N-dealkylation sites (tertiary alicyclic amines) is 1. The lowest BCUT2D eigenvalue weighted by Gasteiger charge is -2.37. The van der Waals surface area contributed by atoms with Crippen molar-refractivity contribution in [2.75, 3.05) is 45.3 Å². The van der Waals surface area contributed by atoms with Gasteiger partial charge < -0.3 is 24.4 Å². The molecular weight excluding hydrogens is 487 g/mol. The third-order valence-corrected chi connectivity index (χ3v) is 7.24. The molecule has 0 aliphatic carbocycles. The maximum atomic E-state index is 13.5. The Morgan fingerprint density at radius 3 is 2.75 bits per heavy atom. The zero-order valence-electron chi connectivity index (χ0n) is 20.1. The van der Waals surface area contributed by atoms with Crippen LogP contribution in [-0.2, 0) is 9.53 Å². The monoisotopic (exact) mass is 514 g/mol. The van der Waals surface area contributed by atoms with Crippen molar-refractivity contribution in [3.63, 3.8) is 0 Å². The lowest BCUT2D eigenvalue weighted by molar-refractivity contribution is -0.137. The molecule has 0 radical (unpaired) electrons. The minimum absolute atomic E-state index is 0.0259. The van der Waals surface area contributed by atoms with Gasteiger partial charge in [-0.25, -0.2) is 14.4 Å². The second-order valence-corrected chi connectivity index (χ2v) is 9.78. The topological polar surface area (TPSA) is 85.8 Å². The van der Waals surface area contributed by atoms with Gasteiger partial charge >= 0.3 is 5.97 Å². The van der Waals surface area contributed by atoms with Crippen LogP contribution in [0.2, 0.25) is 5.02 Å². The van der Waals surface area contributed by atoms with Crippen molar-refractivity contribution >= 4 is 40.0 Å². The number of aromatic nitrogens is 2. The second kappa shape index (κ2) is 10.4. The first-order valence-electron chi connectivity index (χ1n) is 12.0. The molecular formula is C26H28ClFN4O4. The summed E-state index contributed by atoms with van der Waals surface area (Å²) in [4.78, 5) is 22.6. The largest absolute Gasteiger partial charge is 0.493 e. The Kier molecular flexibility index (Phi) is 7.11. The number of hydrogen-bond donors (Lipinski definition) is 1. The summed E-state index contributed by atoms with van der Waals surface area (Å²) < 4.78 is 30.4. The van der Waals surface area contributed by atoms with Crippen LogP contribution < -0.4 is 14.8 Å². The summed E-state index contributed by atoms with van der Waals surface area (Å²) in [6.45, 7) is 3.95. The minimum Gasteiger partial charge on any atom is -0.493 e. The van der Waals surface area contributed by atoms with Crippen molar-refractivity contribution < 1.29 is 23.4 Å². The number of carbonyl (C=O) groups is 1. The van der Waals surface area contributed by atoms with Crippen molar-refractivity contribution in [1.82, 2.24) is 14.9 Å². The Bertz CT molecular complexity index is 1270. The fourth-order valence-electron chi connectivity index (χ4n) is 4.83. The van der Waals surface area contributed by atoms with Gasteiger partial charge in [0, 0.05) is 29.1 Å². The van der Waals surface area contributed by atoms with Crippen molar-refractivity contribution in [3.8, 4) is 11.5 Å². The average Bonchev–Trinajstić information content (AvgIpc) is 3.24. The van der Waals surface area contributed by atoms with Crippen LogP contribution in [0.5, 0.6) is 11.5 Å². The summed E-state index contributed by atoms with van der Waals surface area (Å²) in [6.07, 6.45) is 4.85. The van der Waals surface area contributed by atoms with Crippen LogP contribution in [0.15, 0.2) is 36.7 Å². The van der Waals surface area contributed by atoms with Gasteiger partial charge in [0.2, 0.25) is 0 Å². The molecule has 10 heteroatoms. The molecule has 0 amide bonds. The summed E-state index contributed by atoms with van der Waals surface area (Å²) in [5.74, 6) is 1.18. The van der Waals surface area contributed by atoms with Gasteiger partial charge in [0.25, 0.3) is 0 Å². The van der Waals surface area contributed by atoms with E-state index in [0.717, 1.165) is 44.3 Å². The van der Waals surface area contributed by atoms with Gasteiger partial charge in [-0.3, -0.25) is 4.79 Å². The highest BCUT2D eigenvalue weighted by molar-refractivity contribution is 6.31. The number of nitrogens with one attached hydrogen (secondary N) is 1. The molecule has 0 atom stereocenters. The summed E-state index contributed by atoms with van der Waals surface area (Å²) in [7, 11) is 1.59. The third-order valence-electron chi connectivity index (χ3n) is 6.95. The summed E-state index contributed by atoms with van der Waals surface area (Å²) >= 11 is 5.92. The quantitative estimate of drug-likeness (QED) is 0.333. The van der Waals surface area contributed by atoms with E-state index in [2.05, 4.69) is 20.2 Å². The van der Waals surface area contributed by atoms with Crippen LogP contribution in [0.25, 0.3) is 10.9 Å². The van der Waals surface area contributed by atoms with Crippen molar-refractivity contribution in [2.24, 2.45) is 5.41 Å². The first-order chi connectivity index (χ1) is 17.4. The molecule has 2 aliphatic rings. The van der Waals surface area contributed by atoms with Gasteiger partial charge in [-0.15, -0.1) is 0 Å². The SMILES string of the molecule is COc1cc2ncnc(Nc3ccc(F)c(Cl)c3)c2cc1OCCCN1CCC2(CC1)COC(=O)C2. The lowest BCUT2D eigenvalue weighted by Crippen LogP contribution is -2.41. The zero-order valence-corrected chi connectivity index (χ0v) is 20.8. The van der Waals surface area contributed by atoms with Gasteiger partial charge in [0.1, 0.15) is 18.0 Å². The van der Waals surface area contributed by atoms with Gasteiger partial charge in [-0.2, -0.15) is 0 Å². The van der Waals surface area contributed by atoms with Crippen LogP contribution in [0.1, 0.15) is 25.7 Å². The number of hydrogen-bond acceptors (Lipinski definition) is 8. The Morgan fingerprint density at radius 2 is 2.03 bits per heavy atom. The van der Waals surface area contributed by atoms with Crippen LogP contribution in [0.4, 0.5) is 15.9 Å². The Balaban J connectivity index is 1.22. The fraction of sp³-hybridized carbons (Fsp3) is 0.423. The van der Waals surface area contributed by atoms with Crippen LogP contribution in [-0.4, -0.2) is 60.8 Å². The van der Waals surface area contributed by atoms with E-state index in [1.165, 1.54) is 18.5 Å².